The van der Waals surface area contributed by atoms with E-state index < -0.39 is 0 Å². The first-order valence-corrected chi connectivity index (χ1v) is 6.62. The molecule has 2 saturated carbocycles. The zero-order chi connectivity index (χ0) is 9.38. The molecule has 2 unspecified atom stereocenters. The van der Waals surface area contributed by atoms with Gasteiger partial charge in [-0.2, -0.15) is 0 Å². The fraction of sp³-hybridized carbons (Fsp3) is 0.857. The number of hydrogen-bond donors (Lipinski definition) is 0. The largest absolute Gasteiger partial charge is 0.0851 e. The average molecular weight is 190 g/mol. The standard InChI is InChI=1S/C14H22/c1-2-5-11(6-3-1)14-9-12-7-4-8-13(12)10-14/h5,12-14H,1-4,6-10H2. The zero-order valence-corrected chi connectivity index (χ0v) is 9.17. The Bertz CT molecular complexity index is 226. The van der Waals surface area contributed by atoms with E-state index in [4.69, 9.17) is 0 Å². The number of allylic oxidation sites excluding steroid dienone is 2. The molecule has 78 valence electrons. The third-order valence-electron chi connectivity index (χ3n) is 4.84. The first-order chi connectivity index (χ1) is 6.93. The van der Waals surface area contributed by atoms with Crippen LogP contribution in [-0.4, -0.2) is 0 Å². The minimum Gasteiger partial charge on any atom is -0.0851 e. The zero-order valence-electron chi connectivity index (χ0n) is 9.17. The highest BCUT2D eigenvalue weighted by Crippen LogP contribution is 2.50. The Kier molecular flexibility index (Phi) is 2.39. The summed E-state index contributed by atoms with van der Waals surface area (Å²) in [5.74, 6) is 3.27. The maximum absolute atomic E-state index is 2.58. The van der Waals surface area contributed by atoms with Gasteiger partial charge in [0.2, 0.25) is 0 Å². The molecule has 3 aliphatic carbocycles. The van der Waals surface area contributed by atoms with Crippen molar-refractivity contribution < 1.29 is 0 Å². The van der Waals surface area contributed by atoms with Crippen molar-refractivity contribution in [3.63, 3.8) is 0 Å². The molecule has 0 radical (unpaired) electrons. The molecule has 0 aliphatic heterocycles. The molecule has 14 heavy (non-hydrogen) atoms. The van der Waals surface area contributed by atoms with Gasteiger partial charge in [-0.05, 0) is 56.3 Å². The van der Waals surface area contributed by atoms with E-state index in [1.165, 1.54) is 32.1 Å². The summed E-state index contributed by atoms with van der Waals surface area (Å²) in [6, 6.07) is 0. The van der Waals surface area contributed by atoms with E-state index in [1.807, 2.05) is 5.57 Å². The normalized spacial score (nSPS) is 42.3. The third kappa shape index (κ3) is 1.53. The molecule has 0 amide bonds. The van der Waals surface area contributed by atoms with E-state index in [1.54, 1.807) is 25.7 Å². The molecular weight excluding hydrogens is 168 g/mol. The molecule has 3 aliphatic rings. The van der Waals surface area contributed by atoms with Crippen LogP contribution in [0, 0.1) is 17.8 Å². The fourth-order valence-corrected chi connectivity index (χ4v) is 4.10. The summed E-state index contributed by atoms with van der Waals surface area (Å²) in [6.07, 6.45) is 16.0. The van der Waals surface area contributed by atoms with E-state index in [9.17, 15) is 0 Å². The third-order valence-corrected chi connectivity index (χ3v) is 4.84. The van der Waals surface area contributed by atoms with E-state index in [0.29, 0.717) is 0 Å². The molecule has 0 saturated heterocycles. The summed E-state index contributed by atoms with van der Waals surface area (Å²) in [4.78, 5) is 0. The highest BCUT2D eigenvalue weighted by Gasteiger charge is 2.38. The Balaban J connectivity index is 1.67. The molecule has 2 atom stereocenters. The number of fused-ring (bicyclic) bond motifs is 1. The van der Waals surface area contributed by atoms with Crippen molar-refractivity contribution in [3.05, 3.63) is 11.6 Å². The molecular formula is C14H22. The number of rotatable bonds is 1. The van der Waals surface area contributed by atoms with Crippen molar-refractivity contribution in [2.45, 2.75) is 57.8 Å². The van der Waals surface area contributed by atoms with E-state index in [0.717, 1.165) is 17.8 Å². The Morgan fingerprint density at radius 1 is 0.929 bits per heavy atom. The molecule has 0 heterocycles. The quantitative estimate of drug-likeness (QED) is 0.540. The molecule has 2 fully saturated rings. The highest BCUT2D eigenvalue weighted by molar-refractivity contribution is 5.12. The summed E-state index contributed by atoms with van der Waals surface area (Å²) in [5.41, 5.74) is 1.85. The van der Waals surface area contributed by atoms with Gasteiger partial charge in [-0.15, -0.1) is 0 Å². The summed E-state index contributed by atoms with van der Waals surface area (Å²) in [6.45, 7) is 0. The predicted molar refractivity (Wildman–Crippen MR) is 60.1 cm³/mol. The van der Waals surface area contributed by atoms with Crippen LogP contribution in [0.2, 0.25) is 0 Å². The van der Waals surface area contributed by atoms with Gasteiger partial charge in [0.05, 0.1) is 0 Å². The summed E-state index contributed by atoms with van der Waals surface area (Å²) < 4.78 is 0. The second kappa shape index (κ2) is 3.72. The monoisotopic (exact) mass is 190 g/mol. The van der Waals surface area contributed by atoms with Crippen LogP contribution in [0.4, 0.5) is 0 Å². The lowest BCUT2D eigenvalue weighted by molar-refractivity contribution is 0.457. The van der Waals surface area contributed by atoms with Gasteiger partial charge in [0, 0.05) is 0 Å². The SMILES string of the molecule is C1=C(C2CC3CCCC3C2)CCCC1. The van der Waals surface area contributed by atoms with Crippen LogP contribution in [0.15, 0.2) is 11.6 Å². The minimum absolute atomic E-state index is 1.02. The fourth-order valence-electron chi connectivity index (χ4n) is 4.10. The lowest BCUT2D eigenvalue weighted by Crippen LogP contribution is -2.04. The molecule has 0 nitrogen and oxygen atoms in total. The van der Waals surface area contributed by atoms with E-state index in [2.05, 4.69) is 6.08 Å². The second-order valence-corrected chi connectivity index (χ2v) is 5.64. The van der Waals surface area contributed by atoms with Crippen molar-refractivity contribution >= 4 is 0 Å². The minimum atomic E-state index is 1.02. The lowest BCUT2D eigenvalue weighted by atomic mass is 9.87. The van der Waals surface area contributed by atoms with Crippen molar-refractivity contribution in [3.8, 4) is 0 Å². The van der Waals surface area contributed by atoms with Crippen molar-refractivity contribution in [1.82, 2.24) is 0 Å². The van der Waals surface area contributed by atoms with Crippen LogP contribution in [0.25, 0.3) is 0 Å². The summed E-state index contributed by atoms with van der Waals surface area (Å²) in [5, 5.41) is 0. The topological polar surface area (TPSA) is 0 Å². The van der Waals surface area contributed by atoms with Crippen LogP contribution in [-0.2, 0) is 0 Å². The molecule has 0 bridgehead atoms. The Morgan fingerprint density at radius 3 is 2.36 bits per heavy atom. The van der Waals surface area contributed by atoms with Gasteiger partial charge in [0.1, 0.15) is 0 Å². The molecule has 3 rings (SSSR count). The smallest absolute Gasteiger partial charge is 0.0198 e. The summed E-state index contributed by atoms with van der Waals surface area (Å²) in [7, 11) is 0. The van der Waals surface area contributed by atoms with Gasteiger partial charge >= 0.3 is 0 Å². The van der Waals surface area contributed by atoms with Gasteiger partial charge in [-0.25, -0.2) is 0 Å². The van der Waals surface area contributed by atoms with Crippen molar-refractivity contribution in [2.75, 3.05) is 0 Å². The van der Waals surface area contributed by atoms with Crippen molar-refractivity contribution in [2.24, 2.45) is 17.8 Å². The van der Waals surface area contributed by atoms with Crippen LogP contribution in [0.1, 0.15) is 57.8 Å². The molecule has 0 aromatic heterocycles. The maximum Gasteiger partial charge on any atom is -0.0198 e. The van der Waals surface area contributed by atoms with Gasteiger partial charge in [0.25, 0.3) is 0 Å². The maximum atomic E-state index is 2.58. The van der Waals surface area contributed by atoms with Crippen LogP contribution in [0.3, 0.4) is 0 Å². The second-order valence-electron chi connectivity index (χ2n) is 5.64. The first-order valence-electron chi connectivity index (χ1n) is 6.62. The van der Waals surface area contributed by atoms with Crippen LogP contribution >= 0.6 is 0 Å². The molecule has 0 aromatic carbocycles. The molecule has 0 heteroatoms. The number of hydrogen-bond acceptors (Lipinski definition) is 0. The van der Waals surface area contributed by atoms with Crippen LogP contribution < -0.4 is 0 Å². The van der Waals surface area contributed by atoms with E-state index in [-0.39, 0.29) is 0 Å². The Labute approximate surface area is 87.8 Å². The molecule has 0 N–H and O–H groups in total. The van der Waals surface area contributed by atoms with E-state index >= 15 is 0 Å². The lowest BCUT2D eigenvalue weighted by Gasteiger charge is -2.19. The average Bonchev–Trinajstić information content (AvgIpc) is 2.78. The van der Waals surface area contributed by atoms with Gasteiger partial charge in [0.15, 0.2) is 0 Å². The molecule has 0 spiro atoms. The molecule has 0 aromatic rings. The Hall–Kier alpha value is -0.260. The Morgan fingerprint density at radius 2 is 1.71 bits per heavy atom. The van der Waals surface area contributed by atoms with Gasteiger partial charge < -0.3 is 0 Å². The van der Waals surface area contributed by atoms with Gasteiger partial charge in [-0.3, -0.25) is 0 Å². The highest BCUT2D eigenvalue weighted by atomic mass is 14.4. The van der Waals surface area contributed by atoms with Crippen LogP contribution in [0.5, 0.6) is 0 Å². The van der Waals surface area contributed by atoms with Crippen molar-refractivity contribution in [1.29, 1.82) is 0 Å². The summed E-state index contributed by atoms with van der Waals surface area (Å²) >= 11 is 0. The first kappa shape index (κ1) is 9.00. The van der Waals surface area contributed by atoms with Gasteiger partial charge in [-0.1, -0.05) is 30.9 Å². The predicted octanol–water partition coefficient (Wildman–Crippen LogP) is 4.31.